The molecule has 1 fully saturated rings. The molecular weight excluding hydrogens is 476 g/mol. The van der Waals surface area contributed by atoms with Gasteiger partial charge in [-0.3, -0.25) is 19.2 Å². The third kappa shape index (κ3) is 4.63. The van der Waals surface area contributed by atoms with Crippen molar-refractivity contribution in [1.82, 2.24) is 0 Å². The molecule has 6 atom stereocenters. The first-order valence-corrected chi connectivity index (χ1v) is 12.3. The minimum absolute atomic E-state index is 0.540. The van der Waals surface area contributed by atoms with E-state index in [0.717, 1.165) is 69.8 Å². The molecule has 1 aliphatic rings. The minimum atomic E-state index is -3.43. The van der Waals surface area contributed by atoms with Gasteiger partial charge in [0.2, 0.25) is 5.60 Å². The van der Waals surface area contributed by atoms with Crippen molar-refractivity contribution in [2.75, 3.05) is 0 Å². The van der Waals surface area contributed by atoms with Gasteiger partial charge in [-0.1, -0.05) is 37.2 Å². The highest BCUT2D eigenvalue weighted by molar-refractivity contribution is 8.00. The van der Waals surface area contributed by atoms with Gasteiger partial charge in [0.15, 0.2) is 34.3 Å². The fourth-order valence-electron chi connectivity index (χ4n) is 4.46. The number of ketones is 4. The summed E-state index contributed by atoms with van der Waals surface area (Å²) in [6.07, 6.45) is -1.64. The number of carbonyl (C=O) groups is 4. The Labute approximate surface area is 208 Å². The molecule has 4 N–H and O–H groups in total. The molecule has 1 aromatic carbocycles. The van der Waals surface area contributed by atoms with Crippen LogP contribution in [0.1, 0.15) is 58.6 Å². The predicted molar refractivity (Wildman–Crippen MR) is 128 cm³/mol. The van der Waals surface area contributed by atoms with Crippen LogP contribution in [0.5, 0.6) is 0 Å². The zero-order valence-corrected chi connectivity index (χ0v) is 21.6. The average molecular weight is 511 g/mol. The number of hydrogen-bond acceptors (Lipinski definition) is 10. The number of hydrogen-bond donors (Lipinski definition) is 4. The van der Waals surface area contributed by atoms with Crippen molar-refractivity contribution in [3.05, 3.63) is 29.3 Å². The lowest BCUT2D eigenvalue weighted by atomic mass is 9.60. The maximum atomic E-state index is 12.8. The van der Waals surface area contributed by atoms with Crippen molar-refractivity contribution in [2.45, 2.75) is 100 Å². The van der Waals surface area contributed by atoms with E-state index in [4.69, 9.17) is 4.74 Å². The number of aliphatic hydroxyl groups excluding tert-OH is 1. The predicted octanol–water partition coefficient (Wildman–Crippen LogP) is 1.06. The van der Waals surface area contributed by atoms with E-state index in [2.05, 4.69) is 0 Å². The van der Waals surface area contributed by atoms with Crippen LogP contribution in [-0.4, -0.2) is 78.0 Å². The molecule has 0 amide bonds. The van der Waals surface area contributed by atoms with E-state index in [-0.39, 0.29) is 0 Å². The topological polar surface area (TPSA) is 158 Å². The molecule has 10 heteroatoms. The average Bonchev–Trinajstić information content (AvgIpc) is 2.78. The number of rotatable bonds is 10. The van der Waals surface area contributed by atoms with Crippen LogP contribution in [0, 0.1) is 6.92 Å². The first kappa shape index (κ1) is 29.3. The highest BCUT2D eigenvalue weighted by Gasteiger charge is 2.79. The lowest BCUT2D eigenvalue weighted by Crippen LogP contribution is -2.86. The number of aliphatic hydroxyl groups is 4. The third-order valence-corrected chi connectivity index (χ3v) is 8.08. The molecule has 0 aromatic heterocycles. The maximum absolute atomic E-state index is 12.8. The second-order valence-electron chi connectivity index (χ2n) is 9.18. The van der Waals surface area contributed by atoms with Gasteiger partial charge in [-0.25, -0.2) is 0 Å². The Morgan fingerprint density at radius 1 is 1.00 bits per heavy atom. The van der Waals surface area contributed by atoms with E-state index in [0.29, 0.717) is 4.90 Å². The van der Waals surface area contributed by atoms with E-state index < -0.39 is 57.6 Å². The summed E-state index contributed by atoms with van der Waals surface area (Å²) < 4.78 is 5.73. The van der Waals surface area contributed by atoms with Crippen LogP contribution < -0.4 is 0 Å². The van der Waals surface area contributed by atoms with Crippen molar-refractivity contribution in [1.29, 1.82) is 0 Å². The van der Waals surface area contributed by atoms with E-state index >= 15 is 0 Å². The standard InChI is InChI=1S/C25H34O9S/c1-7-8-9-18-11-10-13(2)19(12-18)35-22-24(32,16(5)28)25(33,17(6)29)23(31,15(4)27)21(34-22)20(30)14(3)26/h10-12,20-22,30-33H,7-9H2,1-6H3/t20?,21-,22+,23-,24+,25+/m1/s1. The van der Waals surface area contributed by atoms with Crippen molar-refractivity contribution in [3.63, 3.8) is 0 Å². The number of unbranched alkanes of at least 4 members (excludes halogenated alkanes) is 1. The monoisotopic (exact) mass is 510 g/mol. The van der Waals surface area contributed by atoms with Gasteiger partial charge in [-0.15, -0.1) is 0 Å². The van der Waals surface area contributed by atoms with Crippen molar-refractivity contribution in [2.24, 2.45) is 0 Å². The SMILES string of the molecule is CCCCc1ccc(C)c(S[C@@H]2O[C@H](C(O)C(C)=O)[C@](O)(C(C)=O)[C@@](O)(C(C)=O)[C@]2(O)C(C)=O)c1. The summed E-state index contributed by atoms with van der Waals surface area (Å²) in [6, 6.07) is 5.57. The largest absolute Gasteiger partial charge is 0.382 e. The van der Waals surface area contributed by atoms with Gasteiger partial charge < -0.3 is 25.2 Å². The Morgan fingerprint density at radius 3 is 2.03 bits per heavy atom. The van der Waals surface area contributed by atoms with Crippen LogP contribution in [0.15, 0.2) is 23.1 Å². The Kier molecular flexibility index (Phi) is 8.85. The Balaban J connectivity index is 2.79. The lowest BCUT2D eigenvalue weighted by molar-refractivity contribution is -0.311. The zero-order valence-electron chi connectivity index (χ0n) is 20.8. The van der Waals surface area contributed by atoms with Crippen LogP contribution in [0.4, 0.5) is 0 Å². The first-order chi connectivity index (χ1) is 16.1. The highest BCUT2D eigenvalue weighted by Crippen LogP contribution is 2.51. The Morgan fingerprint density at radius 2 is 1.57 bits per heavy atom. The summed E-state index contributed by atoms with van der Waals surface area (Å²) in [5, 5.41) is 45.2. The Hall–Kier alpha value is -1.95. The molecule has 2 rings (SSSR count). The molecule has 1 aliphatic heterocycles. The second-order valence-corrected chi connectivity index (χ2v) is 10.3. The van der Waals surface area contributed by atoms with Crippen LogP contribution in [-0.2, 0) is 30.3 Å². The van der Waals surface area contributed by atoms with Gasteiger partial charge in [-0.05, 0) is 64.7 Å². The summed E-state index contributed by atoms with van der Waals surface area (Å²) in [7, 11) is 0. The smallest absolute Gasteiger partial charge is 0.200 e. The fourth-order valence-corrected chi connectivity index (χ4v) is 5.85. The molecule has 0 bridgehead atoms. The summed E-state index contributed by atoms with van der Waals surface area (Å²) in [5.41, 5.74) is -9.92. The molecule has 0 saturated carbocycles. The van der Waals surface area contributed by atoms with Gasteiger partial charge >= 0.3 is 0 Å². The van der Waals surface area contributed by atoms with Gasteiger partial charge in [0, 0.05) is 4.90 Å². The summed E-state index contributed by atoms with van der Waals surface area (Å²) in [6.45, 7) is 7.27. The normalized spacial score (nSPS) is 31.6. The molecule has 194 valence electrons. The van der Waals surface area contributed by atoms with Crippen LogP contribution >= 0.6 is 11.8 Å². The number of ether oxygens (including phenoxy) is 1. The van der Waals surface area contributed by atoms with Crippen molar-refractivity contribution in [3.8, 4) is 0 Å². The third-order valence-electron chi connectivity index (χ3n) is 6.72. The Bertz CT molecular complexity index is 1020. The molecule has 0 spiro atoms. The summed E-state index contributed by atoms with van der Waals surface area (Å²) in [5.74, 6) is -4.66. The number of benzene rings is 1. The van der Waals surface area contributed by atoms with Crippen LogP contribution in [0.25, 0.3) is 0 Å². The highest BCUT2D eigenvalue weighted by atomic mass is 32.2. The van der Waals surface area contributed by atoms with Crippen LogP contribution in [0.3, 0.4) is 0 Å². The fraction of sp³-hybridized carbons (Fsp3) is 0.600. The van der Waals surface area contributed by atoms with Gasteiger partial charge in [0.25, 0.3) is 0 Å². The lowest BCUT2D eigenvalue weighted by Gasteiger charge is -2.58. The summed E-state index contributed by atoms with van der Waals surface area (Å²) >= 11 is 0.789. The van der Waals surface area contributed by atoms with E-state index in [9.17, 15) is 39.6 Å². The van der Waals surface area contributed by atoms with E-state index in [1.807, 2.05) is 25.1 Å². The van der Waals surface area contributed by atoms with Crippen molar-refractivity contribution < 1.29 is 44.3 Å². The van der Waals surface area contributed by atoms with Gasteiger partial charge in [0.05, 0.1) is 0 Å². The van der Waals surface area contributed by atoms with Gasteiger partial charge in [-0.2, -0.15) is 0 Å². The number of aryl methyl sites for hydroxylation is 2. The quantitative estimate of drug-likeness (QED) is 0.359. The van der Waals surface area contributed by atoms with E-state index in [1.54, 1.807) is 6.92 Å². The van der Waals surface area contributed by atoms with Crippen LogP contribution in [0.2, 0.25) is 0 Å². The molecule has 9 nitrogen and oxygen atoms in total. The molecule has 1 saturated heterocycles. The molecule has 0 aliphatic carbocycles. The molecule has 1 unspecified atom stereocenters. The molecular formula is C25H34O9S. The molecule has 0 radical (unpaired) electrons. The number of Topliss-reactive ketones (excluding diaryl/α,β-unsaturated/α-hetero) is 4. The number of thioether (sulfide) groups is 1. The van der Waals surface area contributed by atoms with Crippen molar-refractivity contribution >= 4 is 34.9 Å². The zero-order chi connectivity index (χ0) is 26.9. The molecule has 35 heavy (non-hydrogen) atoms. The molecule has 1 aromatic rings. The molecule has 1 heterocycles. The number of carbonyl (C=O) groups excluding carboxylic acids is 4. The minimum Gasteiger partial charge on any atom is -0.382 e. The maximum Gasteiger partial charge on any atom is 0.200 e. The van der Waals surface area contributed by atoms with E-state index in [1.165, 1.54) is 0 Å². The summed E-state index contributed by atoms with van der Waals surface area (Å²) in [4.78, 5) is 50.9. The second kappa shape index (κ2) is 10.6. The first-order valence-electron chi connectivity index (χ1n) is 11.4. The van der Waals surface area contributed by atoms with Gasteiger partial charge in [0.1, 0.15) is 17.6 Å².